The maximum atomic E-state index is 6.42. The molecule has 5 N–H and O–H groups in total. The highest BCUT2D eigenvalue weighted by Crippen LogP contribution is 2.35. The van der Waals surface area contributed by atoms with Gasteiger partial charge in [0, 0.05) is 5.56 Å². The Hall–Kier alpha value is -2.77. The summed E-state index contributed by atoms with van der Waals surface area (Å²) in [4.78, 5) is 4.39. The molecular formula is C16H17N5O2. The molecule has 118 valence electrons. The third-order valence-corrected chi connectivity index (χ3v) is 3.80. The van der Waals surface area contributed by atoms with Crippen molar-refractivity contribution in [2.24, 2.45) is 16.5 Å². The average Bonchev–Trinajstić information content (AvgIpc) is 2.91. The highest BCUT2D eigenvalue weighted by Gasteiger charge is 2.37. The number of guanidine groups is 1. The van der Waals surface area contributed by atoms with Crippen molar-refractivity contribution < 1.29 is 9.47 Å². The molecule has 1 atom stereocenters. The van der Waals surface area contributed by atoms with Crippen LogP contribution < -0.4 is 31.4 Å². The van der Waals surface area contributed by atoms with Crippen molar-refractivity contribution in [2.45, 2.75) is 5.79 Å². The smallest absolute Gasteiger partial charge is 0.214 e. The van der Waals surface area contributed by atoms with Gasteiger partial charge in [-0.1, -0.05) is 18.2 Å². The Balaban J connectivity index is 1.67. The minimum absolute atomic E-state index is 0.300. The first-order valence-corrected chi connectivity index (χ1v) is 7.33. The predicted octanol–water partition coefficient (Wildman–Crippen LogP) is 0.866. The molecule has 7 heteroatoms. The van der Waals surface area contributed by atoms with E-state index in [9.17, 15) is 0 Å². The third kappa shape index (κ3) is 2.36. The van der Waals surface area contributed by atoms with Crippen LogP contribution in [0.3, 0.4) is 0 Å². The molecule has 0 aromatic heterocycles. The number of para-hydroxylation sites is 1. The number of hydrogen-bond donors (Lipinski definition) is 3. The van der Waals surface area contributed by atoms with Crippen molar-refractivity contribution in [3.05, 3.63) is 54.1 Å². The number of aliphatic imine (C=N–C) groups is 1. The van der Waals surface area contributed by atoms with E-state index in [1.54, 1.807) is 5.01 Å². The molecule has 0 fully saturated rings. The normalized spacial score (nSPS) is 22.8. The lowest BCUT2D eigenvalue weighted by molar-refractivity contribution is 0.171. The molecule has 2 aliphatic heterocycles. The van der Waals surface area contributed by atoms with Crippen LogP contribution in [0.25, 0.3) is 0 Å². The summed E-state index contributed by atoms with van der Waals surface area (Å²) >= 11 is 0. The van der Waals surface area contributed by atoms with Gasteiger partial charge < -0.3 is 15.2 Å². The van der Waals surface area contributed by atoms with Gasteiger partial charge in [0.15, 0.2) is 11.5 Å². The highest BCUT2D eigenvalue weighted by atomic mass is 16.6. The van der Waals surface area contributed by atoms with E-state index >= 15 is 0 Å². The Kier molecular flexibility index (Phi) is 3.10. The van der Waals surface area contributed by atoms with Crippen LogP contribution in [0, 0.1) is 0 Å². The molecule has 0 saturated carbocycles. The van der Waals surface area contributed by atoms with Crippen LogP contribution in [0.2, 0.25) is 0 Å². The zero-order chi connectivity index (χ0) is 15.9. The number of nitrogens with one attached hydrogen (secondary N) is 1. The van der Waals surface area contributed by atoms with Crippen LogP contribution in [-0.2, 0) is 5.79 Å². The maximum absolute atomic E-state index is 6.42. The standard InChI is InChI=1S/C16H17N5O2/c17-15-19-16(18,20-21(15)12-4-2-1-3-5-12)11-6-7-13-14(10-11)23-9-8-22-13/h1-7,10,20H,8-9,18H2,(H2,17,19). The van der Waals surface area contributed by atoms with E-state index in [1.165, 1.54) is 0 Å². The van der Waals surface area contributed by atoms with Gasteiger partial charge in [0.2, 0.25) is 11.7 Å². The van der Waals surface area contributed by atoms with Crippen LogP contribution in [0.5, 0.6) is 11.5 Å². The lowest BCUT2D eigenvalue weighted by Crippen LogP contribution is -2.53. The second-order valence-corrected chi connectivity index (χ2v) is 5.38. The fourth-order valence-corrected chi connectivity index (χ4v) is 2.67. The van der Waals surface area contributed by atoms with Gasteiger partial charge in [0.25, 0.3) is 0 Å². The zero-order valence-electron chi connectivity index (χ0n) is 12.4. The van der Waals surface area contributed by atoms with E-state index in [-0.39, 0.29) is 0 Å². The Bertz CT molecular complexity index is 764. The molecule has 23 heavy (non-hydrogen) atoms. The molecule has 4 rings (SSSR count). The second-order valence-electron chi connectivity index (χ2n) is 5.38. The summed E-state index contributed by atoms with van der Waals surface area (Å²) in [6, 6.07) is 15.1. The molecule has 0 saturated heterocycles. The van der Waals surface area contributed by atoms with E-state index in [2.05, 4.69) is 10.4 Å². The van der Waals surface area contributed by atoms with Gasteiger partial charge >= 0.3 is 0 Å². The number of rotatable bonds is 2. The number of hydrazine groups is 1. The topological polar surface area (TPSA) is 98.1 Å². The monoisotopic (exact) mass is 311 g/mol. The van der Waals surface area contributed by atoms with Crippen molar-refractivity contribution >= 4 is 11.6 Å². The number of hydrogen-bond acceptors (Lipinski definition) is 7. The van der Waals surface area contributed by atoms with Crippen molar-refractivity contribution in [3.63, 3.8) is 0 Å². The van der Waals surface area contributed by atoms with Crippen molar-refractivity contribution in [2.75, 3.05) is 18.2 Å². The molecule has 1 unspecified atom stereocenters. The van der Waals surface area contributed by atoms with Gasteiger partial charge in [-0.15, -0.1) is 0 Å². The van der Waals surface area contributed by atoms with E-state index < -0.39 is 5.79 Å². The maximum Gasteiger partial charge on any atom is 0.214 e. The summed E-state index contributed by atoms with van der Waals surface area (Å²) in [5.74, 6) is 0.509. The molecule has 2 aliphatic rings. The Labute approximate surface area is 133 Å². The van der Waals surface area contributed by atoms with Crippen LogP contribution in [-0.4, -0.2) is 19.2 Å². The van der Waals surface area contributed by atoms with Crippen molar-refractivity contribution in [3.8, 4) is 11.5 Å². The van der Waals surface area contributed by atoms with Crippen LogP contribution in [0.4, 0.5) is 5.69 Å². The van der Waals surface area contributed by atoms with Gasteiger partial charge in [-0.25, -0.2) is 10.0 Å². The van der Waals surface area contributed by atoms with Gasteiger partial charge in [-0.3, -0.25) is 5.73 Å². The average molecular weight is 311 g/mol. The molecule has 2 aromatic rings. The van der Waals surface area contributed by atoms with Gasteiger partial charge in [0.05, 0.1) is 5.69 Å². The number of fused-ring (bicyclic) bond motifs is 1. The summed E-state index contributed by atoms with van der Waals surface area (Å²) in [6.07, 6.45) is 0. The first kappa shape index (κ1) is 13.9. The summed E-state index contributed by atoms with van der Waals surface area (Å²) in [6.45, 7) is 1.06. The van der Waals surface area contributed by atoms with Gasteiger partial charge in [-0.2, -0.15) is 5.43 Å². The molecule has 2 heterocycles. The molecular weight excluding hydrogens is 294 g/mol. The SMILES string of the molecule is NC1=NC(N)(c2ccc3c(c2)OCCO3)NN1c1ccccc1. The Morgan fingerprint density at radius 2 is 1.78 bits per heavy atom. The van der Waals surface area contributed by atoms with Crippen LogP contribution >= 0.6 is 0 Å². The first-order chi connectivity index (χ1) is 11.2. The number of ether oxygens (including phenoxy) is 2. The van der Waals surface area contributed by atoms with Crippen LogP contribution in [0.1, 0.15) is 5.56 Å². The summed E-state index contributed by atoms with van der Waals surface area (Å²) in [7, 11) is 0. The molecule has 2 aromatic carbocycles. The van der Waals surface area contributed by atoms with E-state index in [1.807, 2.05) is 48.5 Å². The first-order valence-electron chi connectivity index (χ1n) is 7.33. The second kappa shape index (κ2) is 5.15. The molecule has 0 aliphatic carbocycles. The summed E-state index contributed by atoms with van der Waals surface area (Å²) in [5, 5.41) is 1.66. The Morgan fingerprint density at radius 1 is 1.04 bits per heavy atom. The number of anilines is 1. The van der Waals surface area contributed by atoms with E-state index in [0.717, 1.165) is 11.3 Å². The zero-order valence-corrected chi connectivity index (χ0v) is 12.4. The molecule has 0 amide bonds. The summed E-state index contributed by atoms with van der Waals surface area (Å²) < 4.78 is 11.1. The fourth-order valence-electron chi connectivity index (χ4n) is 2.67. The van der Waals surface area contributed by atoms with Crippen LogP contribution in [0.15, 0.2) is 53.5 Å². The number of benzene rings is 2. The lowest BCUT2D eigenvalue weighted by atomic mass is 10.1. The Morgan fingerprint density at radius 3 is 2.57 bits per heavy atom. The largest absolute Gasteiger partial charge is 0.486 e. The van der Waals surface area contributed by atoms with E-state index in [4.69, 9.17) is 20.9 Å². The third-order valence-electron chi connectivity index (χ3n) is 3.80. The fraction of sp³-hybridized carbons (Fsp3) is 0.188. The highest BCUT2D eigenvalue weighted by molar-refractivity contribution is 5.96. The lowest BCUT2D eigenvalue weighted by Gasteiger charge is -2.27. The molecule has 0 bridgehead atoms. The molecule has 0 radical (unpaired) electrons. The van der Waals surface area contributed by atoms with E-state index in [0.29, 0.717) is 30.7 Å². The van der Waals surface area contributed by atoms with Gasteiger partial charge in [-0.05, 0) is 30.3 Å². The van der Waals surface area contributed by atoms with Crippen molar-refractivity contribution in [1.29, 1.82) is 0 Å². The quantitative estimate of drug-likeness (QED) is 0.761. The molecule has 0 spiro atoms. The number of nitrogens with zero attached hydrogens (tertiary/aromatic N) is 2. The van der Waals surface area contributed by atoms with Gasteiger partial charge in [0.1, 0.15) is 13.2 Å². The van der Waals surface area contributed by atoms with Crippen molar-refractivity contribution in [1.82, 2.24) is 5.43 Å². The number of nitrogens with two attached hydrogens (primary N) is 2. The summed E-state index contributed by atoms with van der Waals surface area (Å²) in [5.41, 5.74) is 17.2. The minimum atomic E-state index is -1.16. The minimum Gasteiger partial charge on any atom is -0.486 e. The molecule has 7 nitrogen and oxygen atoms in total. The predicted molar refractivity (Wildman–Crippen MR) is 87.0 cm³/mol.